The SMILES string of the molecule is COc1cc(OC)cc(C(=O)NCCC(=O)Nc2cccc(F)c2)c1. The molecular formula is C18H19FN2O4. The topological polar surface area (TPSA) is 76.7 Å². The molecule has 2 rings (SSSR count). The number of carbonyl (C=O) groups excluding carboxylic acids is 2. The van der Waals surface area contributed by atoms with E-state index < -0.39 is 5.82 Å². The molecule has 0 unspecified atom stereocenters. The Hall–Kier alpha value is -3.09. The Kier molecular flexibility index (Phi) is 6.33. The quantitative estimate of drug-likeness (QED) is 0.808. The second kappa shape index (κ2) is 8.68. The highest BCUT2D eigenvalue weighted by molar-refractivity contribution is 5.96. The molecule has 0 fully saturated rings. The van der Waals surface area contributed by atoms with E-state index in [4.69, 9.17) is 9.47 Å². The van der Waals surface area contributed by atoms with Gasteiger partial charge in [0.2, 0.25) is 5.91 Å². The smallest absolute Gasteiger partial charge is 0.251 e. The summed E-state index contributed by atoms with van der Waals surface area (Å²) >= 11 is 0. The summed E-state index contributed by atoms with van der Waals surface area (Å²) in [7, 11) is 2.99. The fourth-order valence-corrected chi connectivity index (χ4v) is 2.12. The van der Waals surface area contributed by atoms with Gasteiger partial charge in [-0.1, -0.05) is 6.07 Å². The van der Waals surface area contributed by atoms with Crippen molar-refractivity contribution in [3.63, 3.8) is 0 Å². The van der Waals surface area contributed by atoms with E-state index in [9.17, 15) is 14.0 Å². The number of hydrogen-bond acceptors (Lipinski definition) is 4. The second-order valence-corrected chi connectivity index (χ2v) is 5.17. The molecule has 0 radical (unpaired) electrons. The molecule has 2 N–H and O–H groups in total. The number of carbonyl (C=O) groups is 2. The number of rotatable bonds is 7. The van der Waals surface area contributed by atoms with Gasteiger partial charge >= 0.3 is 0 Å². The molecule has 0 heterocycles. The summed E-state index contributed by atoms with van der Waals surface area (Å²) in [4.78, 5) is 24.0. The van der Waals surface area contributed by atoms with Gasteiger partial charge in [-0.25, -0.2) is 4.39 Å². The predicted octanol–water partition coefficient (Wildman–Crippen LogP) is 2.60. The van der Waals surface area contributed by atoms with Crippen LogP contribution in [0.5, 0.6) is 11.5 Å². The molecule has 0 aliphatic rings. The number of ether oxygens (including phenoxy) is 2. The summed E-state index contributed by atoms with van der Waals surface area (Å²) in [6.45, 7) is 0.138. The van der Waals surface area contributed by atoms with Crippen molar-refractivity contribution in [2.24, 2.45) is 0 Å². The van der Waals surface area contributed by atoms with Crippen LogP contribution < -0.4 is 20.1 Å². The highest BCUT2D eigenvalue weighted by Gasteiger charge is 2.10. The van der Waals surface area contributed by atoms with E-state index in [0.29, 0.717) is 22.7 Å². The van der Waals surface area contributed by atoms with Gasteiger partial charge in [-0.3, -0.25) is 9.59 Å². The van der Waals surface area contributed by atoms with Crippen molar-refractivity contribution in [1.29, 1.82) is 0 Å². The van der Waals surface area contributed by atoms with Crippen molar-refractivity contribution in [2.75, 3.05) is 26.1 Å². The molecule has 7 heteroatoms. The van der Waals surface area contributed by atoms with Crippen molar-refractivity contribution >= 4 is 17.5 Å². The van der Waals surface area contributed by atoms with E-state index in [2.05, 4.69) is 10.6 Å². The highest BCUT2D eigenvalue weighted by Crippen LogP contribution is 2.22. The number of halogens is 1. The molecule has 0 bridgehead atoms. The van der Waals surface area contributed by atoms with Crippen LogP contribution in [0.4, 0.5) is 10.1 Å². The minimum atomic E-state index is -0.432. The molecule has 2 aromatic rings. The van der Waals surface area contributed by atoms with Crippen LogP contribution in [0.15, 0.2) is 42.5 Å². The first-order valence-corrected chi connectivity index (χ1v) is 7.58. The van der Waals surface area contributed by atoms with Crippen LogP contribution in [0.1, 0.15) is 16.8 Å². The molecule has 2 amide bonds. The molecule has 0 aliphatic carbocycles. The fourth-order valence-electron chi connectivity index (χ4n) is 2.12. The number of anilines is 1. The van der Waals surface area contributed by atoms with E-state index in [-0.39, 0.29) is 24.8 Å². The van der Waals surface area contributed by atoms with Gasteiger partial charge in [0.25, 0.3) is 5.91 Å². The Balaban J connectivity index is 1.86. The standard InChI is InChI=1S/C18H19FN2O4/c1-24-15-8-12(9-16(11-15)25-2)18(23)20-7-6-17(22)21-14-5-3-4-13(19)10-14/h3-5,8-11H,6-7H2,1-2H3,(H,20,23)(H,21,22). The maximum Gasteiger partial charge on any atom is 0.251 e. The van der Waals surface area contributed by atoms with E-state index in [0.717, 1.165) is 0 Å². The lowest BCUT2D eigenvalue weighted by Crippen LogP contribution is -2.27. The molecule has 0 aliphatic heterocycles. The third kappa shape index (κ3) is 5.49. The van der Waals surface area contributed by atoms with Crippen molar-refractivity contribution in [2.45, 2.75) is 6.42 Å². The molecule has 6 nitrogen and oxygen atoms in total. The summed E-state index contributed by atoms with van der Waals surface area (Å²) in [5.74, 6) is -0.121. The minimum Gasteiger partial charge on any atom is -0.497 e. The van der Waals surface area contributed by atoms with Gasteiger partial charge < -0.3 is 20.1 Å². The van der Waals surface area contributed by atoms with Gasteiger partial charge in [-0.2, -0.15) is 0 Å². The summed E-state index contributed by atoms with van der Waals surface area (Å²) in [5, 5.41) is 5.21. The third-order valence-corrected chi connectivity index (χ3v) is 3.36. The van der Waals surface area contributed by atoms with Crippen LogP contribution in [-0.4, -0.2) is 32.6 Å². The number of methoxy groups -OCH3 is 2. The average Bonchev–Trinajstić information content (AvgIpc) is 2.61. The third-order valence-electron chi connectivity index (χ3n) is 3.36. The lowest BCUT2D eigenvalue weighted by molar-refractivity contribution is -0.116. The molecule has 132 valence electrons. The number of hydrogen-bond donors (Lipinski definition) is 2. The van der Waals surface area contributed by atoms with Crippen LogP contribution in [0, 0.1) is 5.82 Å². The van der Waals surface area contributed by atoms with Gasteiger partial charge in [0.05, 0.1) is 14.2 Å². The van der Waals surface area contributed by atoms with Gasteiger partial charge in [0, 0.05) is 30.3 Å². The lowest BCUT2D eigenvalue weighted by atomic mass is 10.2. The molecule has 0 saturated carbocycles. The van der Waals surface area contributed by atoms with Gasteiger partial charge in [0.1, 0.15) is 17.3 Å². The largest absolute Gasteiger partial charge is 0.497 e. The summed E-state index contributed by atoms with van der Waals surface area (Å²) in [6.07, 6.45) is 0.0589. The molecule has 2 aromatic carbocycles. The fraction of sp³-hybridized carbons (Fsp3) is 0.222. The van der Waals surface area contributed by atoms with E-state index in [1.165, 1.54) is 32.4 Å². The Morgan fingerprint density at radius 1 is 1.04 bits per heavy atom. The first kappa shape index (κ1) is 18.3. The predicted molar refractivity (Wildman–Crippen MR) is 91.5 cm³/mol. The lowest BCUT2D eigenvalue weighted by Gasteiger charge is -2.09. The summed E-state index contributed by atoms with van der Waals surface area (Å²) < 4.78 is 23.3. The number of benzene rings is 2. The molecule has 0 spiro atoms. The number of amides is 2. The molecule has 0 saturated heterocycles. The molecule has 0 aromatic heterocycles. The molecular weight excluding hydrogens is 327 g/mol. The van der Waals surface area contributed by atoms with Crippen molar-refractivity contribution < 1.29 is 23.5 Å². The Morgan fingerprint density at radius 3 is 2.32 bits per heavy atom. The normalized spacial score (nSPS) is 10.0. The monoisotopic (exact) mass is 346 g/mol. The van der Waals surface area contributed by atoms with Crippen LogP contribution in [0.3, 0.4) is 0 Å². The maximum atomic E-state index is 13.1. The van der Waals surface area contributed by atoms with Crippen LogP contribution >= 0.6 is 0 Å². The zero-order chi connectivity index (χ0) is 18.2. The van der Waals surface area contributed by atoms with Crippen molar-refractivity contribution in [3.8, 4) is 11.5 Å². The van der Waals surface area contributed by atoms with Crippen molar-refractivity contribution in [1.82, 2.24) is 5.32 Å². The zero-order valence-electron chi connectivity index (χ0n) is 14.0. The maximum absolute atomic E-state index is 13.1. The highest BCUT2D eigenvalue weighted by atomic mass is 19.1. The molecule has 0 atom stereocenters. The Bertz CT molecular complexity index is 742. The van der Waals surface area contributed by atoms with Gasteiger partial charge in [0.15, 0.2) is 0 Å². The van der Waals surface area contributed by atoms with E-state index in [1.807, 2.05) is 0 Å². The van der Waals surface area contributed by atoms with Gasteiger partial charge in [-0.15, -0.1) is 0 Å². The van der Waals surface area contributed by atoms with Crippen LogP contribution in [0.2, 0.25) is 0 Å². The van der Waals surface area contributed by atoms with Crippen LogP contribution in [0.25, 0.3) is 0 Å². The Morgan fingerprint density at radius 2 is 1.72 bits per heavy atom. The number of nitrogens with one attached hydrogen (secondary N) is 2. The van der Waals surface area contributed by atoms with E-state index in [1.54, 1.807) is 24.3 Å². The van der Waals surface area contributed by atoms with Crippen molar-refractivity contribution in [3.05, 3.63) is 53.8 Å². The average molecular weight is 346 g/mol. The van der Waals surface area contributed by atoms with Crippen LogP contribution in [-0.2, 0) is 4.79 Å². The van der Waals surface area contributed by atoms with Gasteiger partial charge in [-0.05, 0) is 30.3 Å². The van der Waals surface area contributed by atoms with E-state index >= 15 is 0 Å². The molecule has 25 heavy (non-hydrogen) atoms. The minimum absolute atomic E-state index is 0.0589. The Labute approximate surface area is 144 Å². The first-order valence-electron chi connectivity index (χ1n) is 7.58. The summed E-state index contributed by atoms with van der Waals surface area (Å²) in [5.41, 5.74) is 0.732. The zero-order valence-corrected chi connectivity index (χ0v) is 14.0. The first-order chi connectivity index (χ1) is 12.0. The summed E-state index contributed by atoms with van der Waals surface area (Å²) in [6, 6.07) is 10.4. The second-order valence-electron chi connectivity index (χ2n) is 5.17.